The highest BCUT2D eigenvalue weighted by Gasteiger charge is 2.22. The Hall–Kier alpha value is -2.64. The van der Waals surface area contributed by atoms with Crippen molar-refractivity contribution >= 4 is 11.0 Å². The van der Waals surface area contributed by atoms with E-state index < -0.39 is 11.6 Å². The van der Waals surface area contributed by atoms with E-state index in [9.17, 15) is 13.6 Å². The molecular formula is C18H19F2N5O. The number of aromatic nitrogens is 5. The van der Waals surface area contributed by atoms with Crippen molar-refractivity contribution in [1.29, 1.82) is 0 Å². The van der Waals surface area contributed by atoms with E-state index in [1.165, 1.54) is 34.0 Å². The second-order valence-electron chi connectivity index (χ2n) is 6.77. The van der Waals surface area contributed by atoms with Crippen LogP contribution in [0.1, 0.15) is 49.4 Å². The molecule has 1 aliphatic rings. The predicted octanol–water partition coefficient (Wildman–Crippen LogP) is 3.13. The average molecular weight is 359 g/mol. The smallest absolute Gasteiger partial charge is 0.265 e. The standard InChI is InChI=1S/C18H19F2N5O/c1-11-16-17(18(26)25(23-21-16)12-6-3-2-4-7-12)22-24(11)10-13-14(19)8-5-9-15(13)20/h5,8-9,12H,2-4,6-7,10H2,1H3. The predicted molar refractivity (Wildman–Crippen MR) is 91.9 cm³/mol. The van der Waals surface area contributed by atoms with Gasteiger partial charge >= 0.3 is 0 Å². The number of halogens is 2. The van der Waals surface area contributed by atoms with Crippen LogP contribution in [0.2, 0.25) is 0 Å². The first kappa shape index (κ1) is 16.8. The van der Waals surface area contributed by atoms with Crippen molar-refractivity contribution in [3.05, 3.63) is 51.4 Å². The highest BCUT2D eigenvalue weighted by Crippen LogP contribution is 2.26. The fraction of sp³-hybridized carbons (Fsp3) is 0.444. The van der Waals surface area contributed by atoms with E-state index in [1.54, 1.807) is 6.92 Å². The van der Waals surface area contributed by atoms with Gasteiger partial charge in [-0.25, -0.2) is 13.5 Å². The average Bonchev–Trinajstić information content (AvgIpc) is 2.96. The van der Waals surface area contributed by atoms with Gasteiger partial charge in [-0.3, -0.25) is 9.48 Å². The summed E-state index contributed by atoms with van der Waals surface area (Å²) in [6, 6.07) is 3.76. The summed E-state index contributed by atoms with van der Waals surface area (Å²) in [5.41, 5.74) is 0.739. The highest BCUT2D eigenvalue weighted by molar-refractivity contribution is 5.75. The lowest BCUT2D eigenvalue weighted by molar-refractivity contribution is 0.311. The second-order valence-corrected chi connectivity index (χ2v) is 6.77. The first-order chi connectivity index (χ1) is 12.6. The van der Waals surface area contributed by atoms with Gasteiger partial charge in [-0.15, -0.1) is 5.10 Å². The fourth-order valence-corrected chi connectivity index (χ4v) is 3.59. The van der Waals surface area contributed by atoms with Crippen molar-refractivity contribution < 1.29 is 8.78 Å². The lowest BCUT2D eigenvalue weighted by Crippen LogP contribution is -2.29. The van der Waals surface area contributed by atoms with E-state index in [4.69, 9.17) is 0 Å². The normalized spacial score (nSPS) is 15.7. The van der Waals surface area contributed by atoms with E-state index in [1.807, 2.05) is 0 Å². The van der Waals surface area contributed by atoms with Crippen LogP contribution in [0.5, 0.6) is 0 Å². The Morgan fingerprint density at radius 3 is 2.50 bits per heavy atom. The Morgan fingerprint density at radius 2 is 1.81 bits per heavy atom. The van der Waals surface area contributed by atoms with Crippen LogP contribution in [0.15, 0.2) is 23.0 Å². The number of rotatable bonds is 3. The number of hydrogen-bond donors (Lipinski definition) is 0. The molecule has 2 heterocycles. The summed E-state index contributed by atoms with van der Waals surface area (Å²) in [5.74, 6) is -1.29. The van der Waals surface area contributed by atoms with E-state index in [-0.39, 0.29) is 29.2 Å². The SMILES string of the molecule is Cc1c2nnn(C3CCCCC3)c(=O)c2nn1Cc1c(F)cccc1F. The first-order valence-electron chi connectivity index (χ1n) is 8.82. The van der Waals surface area contributed by atoms with Gasteiger partial charge in [0.2, 0.25) is 0 Å². The summed E-state index contributed by atoms with van der Waals surface area (Å²) in [6.45, 7) is 1.61. The number of benzene rings is 1. The Kier molecular flexibility index (Phi) is 4.26. The third kappa shape index (κ3) is 2.79. The molecule has 0 aliphatic heterocycles. The number of aryl methyl sites for hydroxylation is 1. The van der Waals surface area contributed by atoms with Crippen molar-refractivity contribution in [2.75, 3.05) is 0 Å². The summed E-state index contributed by atoms with van der Waals surface area (Å²) in [7, 11) is 0. The van der Waals surface area contributed by atoms with Crippen molar-refractivity contribution in [3.8, 4) is 0 Å². The highest BCUT2D eigenvalue weighted by atomic mass is 19.1. The van der Waals surface area contributed by atoms with Crippen LogP contribution < -0.4 is 5.56 Å². The first-order valence-corrected chi connectivity index (χ1v) is 8.82. The molecule has 1 saturated carbocycles. The molecule has 1 aromatic carbocycles. The molecule has 136 valence electrons. The molecule has 0 amide bonds. The van der Waals surface area contributed by atoms with E-state index in [0.717, 1.165) is 25.7 Å². The zero-order valence-corrected chi connectivity index (χ0v) is 14.5. The number of fused-ring (bicyclic) bond motifs is 1. The van der Waals surface area contributed by atoms with Crippen LogP contribution in [-0.2, 0) is 6.54 Å². The molecule has 0 saturated heterocycles. The minimum Gasteiger partial charge on any atom is -0.265 e. The number of hydrogen-bond acceptors (Lipinski definition) is 4. The quantitative estimate of drug-likeness (QED) is 0.721. The van der Waals surface area contributed by atoms with Gasteiger partial charge in [0.25, 0.3) is 5.56 Å². The van der Waals surface area contributed by atoms with E-state index in [2.05, 4.69) is 15.4 Å². The van der Waals surface area contributed by atoms with E-state index >= 15 is 0 Å². The van der Waals surface area contributed by atoms with Gasteiger partial charge in [-0.2, -0.15) is 5.10 Å². The summed E-state index contributed by atoms with van der Waals surface area (Å²) < 4.78 is 30.7. The molecule has 0 atom stereocenters. The molecule has 1 aliphatic carbocycles. The van der Waals surface area contributed by atoms with E-state index in [0.29, 0.717) is 11.2 Å². The van der Waals surface area contributed by atoms with Gasteiger partial charge in [0.1, 0.15) is 17.2 Å². The summed E-state index contributed by atoms with van der Waals surface area (Å²) in [5, 5.41) is 12.6. The van der Waals surface area contributed by atoms with Crippen molar-refractivity contribution in [1.82, 2.24) is 24.8 Å². The molecule has 0 N–H and O–H groups in total. The van der Waals surface area contributed by atoms with Gasteiger partial charge in [-0.05, 0) is 31.9 Å². The lowest BCUT2D eigenvalue weighted by atomic mass is 9.96. The zero-order chi connectivity index (χ0) is 18.3. The van der Waals surface area contributed by atoms with Crippen LogP contribution in [-0.4, -0.2) is 24.8 Å². The van der Waals surface area contributed by atoms with Gasteiger partial charge in [0.15, 0.2) is 5.52 Å². The second kappa shape index (κ2) is 6.59. The molecule has 0 bridgehead atoms. The number of nitrogens with zero attached hydrogens (tertiary/aromatic N) is 5. The molecule has 8 heteroatoms. The maximum absolute atomic E-state index is 13.9. The molecule has 4 rings (SSSR count). The maximum Gasteiger partial charge on any atom is 0.298 e. The third-order valence-electron chi connectivity index (χ3n) is 5.12. The van der Waals surface area contributed by atoms with Crippen LogP contribution in [0.25, 0.3) is 11.0 Å². The molecule has 2 aromatic heterocycles. The Morgan fingerprint density at radius 1 is 1.12 bits per heavy atom. The van der Waals surface area contributed by atoms with Crippen LogP contribution in [0.3, 0.4) is 0 Å². The minimum absolute atomic E-state index is 0.0441. The van der Waals surface area contributed by atoms with Gasteiger partial charge in [-0.1, -0.05) is 30.5 Å². The molecule has 0 unspecified atom stereocenters. The zero-order valence-electron chi connectivity index (χ0n) is 14.5. The van der Waals surface area contributed by atoms with Crippen LogP contribution in [0.4, 0.5) is 8.78 Å². The molecule has 26 heavy (non-hydrogen) atoms. The molecule has 0 spiro atoms. The minimum atomic E-state index is -0.644. The third-order valence-corrected chi connectivity index (χ3v) is 5.12. The molecule has 6 nitrogen and oxygen atoms in total. The molecule has 0 radical (unpaired) electrons. The lowest BCUT2D eigenvalue weighted by Gasteiger charge is -2.21. The van der Waals surface area contributed by atoms with Gasteiger partial charge in [0.05, 0.1) is 18.3 Å². The molecule has 3 aromatic rings. The van der Waals surface area contributed by atoms with Crippen molar-refractivity contribution in [3.63, 3.8) is 0 Å². The van der Waals surface area contributed by atoms with Crippen LogP contribution in [0, 0.1) is 18.6 Å². The van der Waals surface area contributed by atoms with Gasteiger partial charge in [0, 0.05) is 5.56 Å². The molecular weight excluding hydrogens is 340 g/mol. The molecule has 1 fully saturated rings. The fourth-order valence-electron chi connectivity index (χ4n) is 3.59. The summed E-state index contributed by atoms with van der Waals surface area (Å²) in [6.07, 6.45) is 5.11. The summed E-state index contributed by atoms with van der Waals surface area (Å²) >= 11 is 0. The Labute approximate surface area is 148 Å². The Balaban J connectivity index is 1.77. The Bertz CT molecular complexity index is 1000. The van der Waals surface area contributed by atoms with Gasteiger partial charge < -0.3 is 0 Å². The van der Waals surface area contributed by atoms with Crippen molar-refractivity contribution in [2.45, 2.75) is 51.6 Å². The topological polar surface area (TPSA) is 65.6 Å². The van der Waals surface area contributed by atoms with Crippen LogP contribution >= 0.6 is 0 Å². The largest absolute Gasteiger partial charge is 0.298 e. The monoisotopic (exact) mass is 359 g/mol. The summed E-state index contributed by atoms with van der Waals surface area (Å²) in [4.78, 5) is 12.8. The maximum atomic E-state index is 13.9. The van der Waals surface area contributed by atoms with Crippen molar-refractivity contribution in [2.24, 2.45) is 0 Å².